The molecule has 17 heavy (non-hydrogen) atoms. The van der Waals surface area contributed by atoms with Gasteiger partial charge >= 0.3 is 0 Å². The second kappa shape index (κ2) is 5.55. The minimum absolute atomic E-state index is 0.565. The van der Waals surface area contributed by atoms with E-state index < -0.39 is 5.60 Å². The Balaban J connectivity index is 2.68. The van der Waals surface area contributed by atoms with E-state index in [1.54, 1.807) is 33.1 Å². The third kappa shape index (κ3) is 4.33. The molecular formula is C13H18N2O2. The molecule has 0 aliphatic carbocycles. The van der Waals surface area contributed by atoms with E-state index in [1.807, 2.05) is 6.07 Å². The number of nitriles is 1. The maximum absolute atomic E-state index is 9.59. The van der Waals surface area contributed by atoms with Crippen LogP contribution in [0.2, 0.25) is 0 Å². The van der Waals surface area contributed by atoms with Gasteiger partial charge in [0.25, 0.3) is 0 Å². The number of hydrogen-bond acceptors (Lipinski definition) is 4. The predicted molar refractivity (Wildman–Crippen MR) is 67.1 cm³/mol. The summed E-state index contributed by atoms with van der Waals surface area (Å²) in [5.41, 5.74) is 0.706. The molecule has 1 rings (SSSR count). The van der Waals surface area contributed by atoms with Crippen molar-refractivity contribution in [3.05, 3.63) is 23.8 Å². The van der Waals surface area contributed by atoms with Crippen molar-refractivity contribution in [1.82, 2.24) is 0 Å². The third-order valence-corrected chi connectivity index (χ3v) is 2.38. The largest absolute Gasteiger partial charge is 0.495 e. The lowest BCUT2D eigenvalue weighted by Gasteiger charge is -2.18. The molecule has 0 fully saturated rings. The number of benzene rings is 1. The first-order valence-electron chi connectivity index (χ1n) is 5.50. The minimum atomic E-state index is -0.688. The van der Waals surface area contributed by atoms with Gasteiger partial charge in [-0.05, 0) is 32.4 Å². The zero-order chi connectivity index (χ0) is 12.9. The average molecular weight is 234 g/mol. The van der Waals surface area contributed by atoms with Crippen LogP contribution in [0, 0.1) is 11.3 Å². The number of rotatable bonds is 5. The Labute approximate surface area is 102 Å². The van der Waals surface area contributed by atoms with Crippen LogP contribution in [0.4, 0.5) is 5.69 Å². The van der Waals surface area contributed by atoms with Crippen molar-refractivity contribution in [3.63, 3.8) is 0 Å². The highest BCUT2D eigenvalue weighted by molar-refractivity contribution is 5.59. The minimum Gasteiger partial charge on any atom is -0.495 e. The maximum atomic E-state index is 9.59. The van der Waals surface area contributed by atoms with Gasteiger partial charge < -0.3 is 15.2 Å². The molecule has 0 saturated heterocycles. The Morgan fingerprint density at radius 2 is 2.18 bits per heavy atom. The predicted octanol–water partition coefficient (Wildman–Crippen LogP) is 2.14. The van der Waals surface area contributed by atoms with E-state index in [4.69, 9.17) is 10.00 Å². The van der Waals surface area contributed by atoms with Crippen molar-refractivity contribution in [2.45, 2.75) is 25.9 Å². The molecule has 0 aliphatic rings. The second-order valence-corrected chi connectivity index (χ2v) is 4.52. The zero-order valence-electron chi connectivity index (χ0n) is 10.4. The summed E-state index contributed by atoms with van der Waals surface area (Å²) in [5, 5.41) is 21.5. The maximum Gasteiger partial charge on any atom is 0.143 e. The normalized spacial score (nSPS) is 10.8. The number of hydrogen-bond donors (Lipinski definition) is 2. The van der Waals surface area contributed by atoms with Crippen molar-refractivity contribution in [1.29, 1.82) is 5.26 Å². The fourth-order valence-electron chi connectivity index (χ4n) is 1.41. The number of nitrogens with zero attached hydrogens (tertiary/aromatic N) is 1. The van der Waals surface area contributed by atoms with Crippen molar-refractivity contribution < 1.29 is 9.84 Å². The number of methoxy groups -OCH3 is 1. The molecule has 0 spiro atoms. The number of nitrogens with one attached hydrogen (secondary N) is 1. The highest BCUT2D eigenvalue weighted by Crippen LogP contribution is 2.25. The summed E-state index contributed by atoms with van der Waals surface area (Å²) in [6.45, 7) is 4.18. The number of anilines is 1. The molecule has 0 aromatic heterocycles. The number of aliphatic hydroxyl groups is 1. The van der Waals surface area contributed by atoms with E-state index in [9.17, 15) is 5.11 Å². The molecule has 92 valence electrons. The van der Waals surface area contributed by atoms with Crippen LogP contribution in [0.1, 0.15) is 25.8 Å². The fraction of sp³-hybridized carbons (Fsp3) is 0.462. The molecule has 0 atom stereocenters. The van der Waals surface area contributed by atoms with Crippen LogP contribution in [-0.2, 0) is 0 Å². The number of ether oxygens (including phenoxy) is 1. The molecule has 0 amide bonds. The Morgan fingerprint density at radius 1 is 1.47 bits per heavy atom. The average Bonchev–Trinajstić information content (AvgIpc) is 2.27. The van der Waals surface area contributed by atoms with Crippen molar-refractivity contribution in [2.24, 2.45) is 0 Å². The Hall–Kier alpha value is -1.73. The van der Waals surface area contributed by atoms with E-state index >= 15 is 0 Å². The molecule has 0 saturated carbocycles. The van der Waals surface area contributed by atoms with Gasteiger partial charge in [0.1, 0.15) is 5.75 Å². The van der Waals surface area contributed by atoms with Gasteiger partial charge in [0.05, 0.1) is 30.0 Å². The van der Waals surface area contributed by atoms with Gasteiger partial charge in [-0.2, -0.15) is 5.26 Å². The van der Waals surface area contributed by atoms with Crippen LogP contribution in [0.3, 0.4) is 0 Å². The summed E-state index contributed by atoms with van der Waals surface area (Å²) in [6.07, 6.45) is 0.635. The summed E-state index contributed by atoms with van der Waals surface area (Å²) >= 11 is 0. The molecular weight excluding hydrogens is 216 g/mol. The Morgan fingerprint density at radius 3 is 2.71 bits per heavy atom. The summed E-state index contributed by atoms with van der Waals surface area (Å²) in [7, 11) is 1.57. The molecule has 0 unspecified atom stereocenters. The summed E-state index contributed by atoms with van der Waals surface area (Å²) in [6, 6.07) is 7.29. The van der Waals surface area contributed by atoms with Crippen LogP contribution < -0.4 is 10.1 Å². The lowest BCUT2D eigenvalue weighted by atomic mass is 10.1. The summed E-state index contributed by atoms with van der Waals surface area (Å²) in [4.78, 5) is 0. The van der Waals surface area contributed by atoms with Crippen molar-refractivity contribution in [3.8, 4) is 11.8 Å². The van der Waals surface area contributed by atoms with Crippen LogP contribution in [0.25, 0.3) is 0 Å². The van der Waals surface area contributed by atoms with E-state index in [2.05, 4.69) is 11.4 Å². The van der Waals surface area contributed by atoms with Crippen molar-refractivity contribution in [2.75, 3.05) is 19.0 Å². The Kier molecular flexibility index (Phi) is 4.36. The lowest BCUT2D eigenvalue weighted by Crippen LogP contribution is -2.22. The van der Waals surface area contributed by atoms with Gasteiger partial charge in [-0.25, -0.2) is 0 Å². The highest BCUT2D eigenvalue weighted by Gasteiger charge is 2.12. The zero-order valence-corrected chi connectivity index (χ0v) is 10.4. The first-order valence-corrected chi connectivity index (χ1v) is 5.50. The highest BCUT2D eigenvalue weighted by atomic mass is 16.5. The molecule has 1 aromatic carbocycles. The first kappa shape index (κ1) is 13.3. The quantitative estimate of drug-likeness (QED) is 0.819. The molecule has 0 bridgehead atoms. The van der Waals surface area contributed by atoms with Gasteiger partial charge in [-0.1, -0.05) is 0 Å². The van der Waals surface area contributed by atoms with Gasteiger partial charge in [0.2, 0.25) is 0 Å². The topological polar surface area (TPSA) is 65.3 Å². The smallest absolute Gasteiger partial charge is 0.143 e. The standard InChI is InChI=1S/C13H18N2O2/c1-13(2,16)6-7-15-11-5-4-10(9-14)8-12(11)17-3/h4-5,8,15-16H,6-7H2,1-3H3. The third-order valence-electron chi connectivity index (χ3n) is 2.38. The van der Waals surface area contributed by atoms with E-state index in [1.165, 1.54) is 0 Å². The fourth-order valence-corrected chi connectivity index (χ4v) is 1.41. The molecule has 2 N–H and O–H groups in total. The van der Waals surface area contributed by atoms with E-state index in [0.717, 1.165) is 5.69 Å². The summed E-state index contributed by atoms with van der Waals surface area (Å²) < 4.78 is 5.19. The Bertz CT molecular complexity index is 416. The van der Waals surface area contributed by atoms with Crippen LogP contribution in [0.15, 0.2) is 18.2 Å². The SMILES string of the molecule is COc1cc(C#N)ccc1NCCC(C)(C)O. The van der Waals surface area contributed by atoms with Gasteiger partial charge in [-0.3, -0.25) is 0 Å². The lowest BCUT2D eigenvalue weighted by molar-refractivity contribution is 0.0748. The van der Waals surface area contributed by atoms with Crippen LogP contribution in [0.5, 0.6) is 5.75 Å². The second-order valence-electron chi connectivity index (χ2n) is 4.52. The van der Waals surface area contributed by atoms with Gasteiger partial charge in [0.15, 0.2) is 0 Å². The van der Waals surface area contributed by atoms with Gasteiger partial charge in [-0.15, -0.1) is 0 Å². The molecule has 0 radical (unpaired) electrons. The van der Waals surface area contributed by atoms with Gasteiger partial charge in [0, 0.05) is 12.6 Å². The molecule has 4 nitrogen and oxygen atoms in total. The van der Waals surface area contributed by atoms with Crippen LogP contribution >= 0.6 is 0 Å². The monoisotopic (exact) mass is 234 g/mol. The first-order chi connectivity index (χ1) is 7.96. The molecule has 0 heterocycles. The molecule has 0 aliphatic heterocycles. The molecule has 1 aromatic rings. The van der Waals surface area contributed by atoms with E-state index in [0.29, 0.717) is 24.3 Å². The van der Waals surface area contributed by atoms with Crippen LogP contribution in [-0.4, -0.2) is 24.4 Å². The van der Waals surface area contributed by atoms with Crippen molar-refractivity contribution >= 4 is 5.69 Å². The summed E-state index contributed by atoms with van der Waals surface area (Å²) in [5.74, 6) is 0.639. The molecule has 4 heteroatoms. The van der Waals surface area contributed by atoms with E-state index in [-0.39, 0.29) is 0 Å².